The van der Waals surface area contributed by atoms with E-state index in [9.17, 15) is 0 Å². The molecule has 2 N–H and O–H groups in total. The minimum absolute atomic E-state index is 0.328. The first kappa shape index (κ1) is 27.0. The monoisotopic (exact) mass is 573 g/mol. The van der Waals surface area contributed by atoms with E-state index in [0.29, 0.717) is 18.5 Å². The molecule has 2 unspecified atom stereocenters. The summed E-state index contributed by atoms with van der Waals surface area (Å²) in [4.78, 5) is 2.63. The lowest BCUT2D eigenvalue weighted by Gasteiger charge is -2.31. The maximum atomic E-state index is 6.10. The van der Waals surface area contributed by atoms with Gasteiger partial charge in [-0.25, -0.2) is 0 Å². The Morgan fingerprint density at radius 2 is 1.70 bits per heavy atom. The van der Waals surface area contributed by atoms with Crippen molar-refractivity contribution in [1.29, 1.82) is 0 Å². The number of anilines is 1. The van der Waals surface area contributed by atoms with E-state index in [1.807, 2.05) is 0 Å². The third-order valence-corrected chi connectivity index (χ3v) is 9.83. The molecule has 0 fully saturated rings. The quantitative estimate of drug-likeness (QED) is 0.299. The van der Waals surface area contributed by atoms with Crippen LogP contribution in [0.5, 0.6) is 0 Å². The van der Waals surface area contributed by atoms with E-state index in [1.54, 1.807) is 5.57 Å². The second-order valence-electron chi connectivity index (χ2n) is 12.3. The zero-order chi connectivity index (χ0) is 29.5. The molecule has 4 aliphatic carbocycles. The van der Waals surface area contributed by atoms with Crippen molar-refractivity contribution < 1.29 is 0 Å². The van der Waals surface area contributed by atoms with Crippen molar-refractivity contribution >= 4 is 34.8 Å². The predicted molar refractivity (Wildman–Crippen MR) is 187 cm³/mol. The summed E-state index contributed by atoms with van der Waals surface area (Å²) in [7, 11) is 0. The van der Waals surface area contributed by atoms with Gasteiger partial charge in [0.1, 0.15) is 0 Å². The van der Waals surface area contributed by atoms with Gasteiger partial charge < -0.3 is 15.2 Å². The zero-order valence-corrected chi connectivity index (χ0v) is 25.2. The molecule has 0 saturated carbocycles. The van der Waals surface area contributed by atoms with Gasteiger partial charge in [-0.3, -0.25) is 0 Å². The molecule has 1 aromatic heterocycles. The second kappa shape index (κ2) is 11.5. The van der Waals surface area contributed by atoms with Crippen LogP contribution in [-0.2, 0) is 12.8 Å². The van der Waals surface area contributed by atoms with Gasteiger partial charge in [0.2, 0.25) is 0 Å². The molecule has 0 spiro atoms. The van der Waals surface area contributed by atoms with Crippen molar-refractivity contribution in [2.75, 3.05) is 11.4 Å². The third-order valence-electron chi connectivity index (χ3n) is 9.83. The van der Waals surface area contributed by atoms with Crippen molar-refractivity contribution in [2.24, 2.45) is 11.7 Å². The van der Waals surface area contributed by atoms with Crippen LogP contribution in [0.25, 0.3) is 29.1 Å². The van der Waals surface area contributed by atoms with Gasteiger partial charge in [0.25, 0.3) is 0 Å². The van der Waals surface area contributed by atoms with Crippen LogP contribution in [0, 0.1) is 5.92 Å². The lowest BCUT2D eigenvalue weighted by molar-refractivity contribution is 0.655. The first-order chi connectivity index (χ1) is 21.8. The molecule has 2 heterocycles. The number of nitrogens with two attached hydrogens (primary N) is 1. The Bertz CT molecular complexity index is 1830. The van der Waals surface area contributed by atoms with Gasteiger partial charge >= 0.3 is 0 Å². The predicted octanol–water partition coefficient (Wildman–Crippen LogP) is 8.98. The van der Waals surface area contributed by atoms with Gasteiger partial charge in [0, 0.05) is 41.3 Å². The van der Waals surface area contributed by atoms with Gasteiger partial charge in [-0.1, -0.05) is 97.1 Å². The SMILES string of the molecule is NC/C=C(\C=C\n1c2c(c3c1CCC1=C3N(c3ccccc3)C3C=CC=CC13)CCC=C2)c1ccc(C2=CCCC=C2)cc1. The molecule has 3 aromatic rings. The van der Waals surface area contributed by atoms with Crippen LogP contribution < -0.4 is 10.6 Å². The van der Waals surface area contributed by atoms with E-state index >= 15 is 0 Å². The Hall–Kier alpha value is -4.60. The number of hydrogen-bond donors (Lipinski definition) is 1. The molecular weight excluding hydrogens is 534 g/mol. The number of allylic oxidation sites excluding steroid dienone is 9. The van der Waals surface area contributed by atoms with Gasteiger partial charge in [0.05, 0.1) is 11.7 Å². The van der Waals surface area contributed by atoms with Crippen molar-refractivity contribution in [1.82, 2.24) is 4.57 Å². The van der Waals surface area contributed by atoms with Crippen molar-refractivity contribution in [3.63, 3.8) is 0 Å². The summed E-state index contributed by atoms with van der Waals surface area (Å²) in [5.74, 6) is 0.430. The fraction of sp³-hybridized carbons (Fsp3) is 0.220. The van der Waals surface area contributed by atoms with Crippen molar-refractivity contribution in [2.45, 2.75) is 44.6 Å². The second-order valence-corrected chi connectivity index (χ2v) is 12.3. The molecule has 218 valence electrons. The molecule has 5 aliphatic rings. The minimum Gasteiger partial charge on any atom is -0.333 e. The van der Waals surface area contributed by atoms with Crippen molar-refractivity contribution in [3.05, 3.63) is 155 Å². The first-order valence-corrected chi connectivity index (χ1v) is 16.2. The molecule has 0 bridgehead atoms. The van der Waals surface area contributed by atoms with E-state index in [0.717, 1.165) is 44.1 Å². The Labute approximate surface area is 261 Å². The Morgan fingerprint density at radius 1 is 0.864 bits per heavy atom. The largest absolute Gasteiger partial charge is 0.333 e. The van der Waals surface area contributed by atoms with Crippen LogP contribution >= 0.6 is 0 Å². The highest BCUT2D eigenvalue weighted by Gasteiger charge is 2.44. The van der Waals surface area contributed by atoms with E-state index in [2.05, 4.69) is 137 Å². The van der Waals surface area contributed by atoms with Crippen LogP contribution in [-0.4, -0.2) is 17.2 Å². The summed E-state index contributed by atoms with van der Waals surface area (Å²) in [6.07, 6.45) is 34.1. The summed E-state index contributed by atoms with van der Waals surface area (Å²) >= 11 is 0. The number of nitrogens with zero attached hydrogens (tertiary/aromatic N) is 2. The summed E-state index contributed by atoms with van der Waals surface area (Å²) in [5, 5.41) is 0. The topological polar surface area (TPSA) is 34.2 Å². The van der Waals surface area contributed by atoms with Crippen LogP contribution in [0.2, 0.25) is 0 Å². The highest BCUT2D eigenvalue weighted by molar-refractivity contribution is 5.92. The summed E-state index contributed by atoms with van der Waals surface area (Å²) in [5.41, 5.74) is 21.1. The average Bonchev–Trinajstić information content (AvgIpc) is 3.60. The van der Waals surface area contributed by atoms with Crippen molar-refractivity contribution in [3.8, 4) is 0 Å². The van der Waals surface area contributed by atoms with Crippen LogP contribution in [0.4, 0.5) is 5.69 Å². The molecule has 2 aromatic carbocycles. The molecule has 0 radical (unpaired) electrons. The molecule has 3 nitrogen and oxygen atoms in total. The van der Waals surface area contributed by atoms with Gasteiger partial charge in [-0.15, -0.1) is 0 Å². The molecular formula is C41H39N3. The number of rotatable bonds is 6. The maximum absolute atomic E-state index is 6.10. The fourth-order valence-electron chi connectivity index (χ4n) is 7.85. The average molecular weight is 574 g/mol. The fourth-order valence-corrected chi connectivity index (χ4v) is 7.85. The molecule has 2 atom stereocenters. The lowest BCUT2D eigenvalue weighted by Crippen LogP contribution is -2.32. The normalized spacial score (nSPS) is 21.9. The van der Waals surface area contributed by atoms with E-state index in [-0.39, 0.29) is 0 Å². The number of para-hydroxylation sites is 1. The van der Waals surface area contributed by atoms with Crippen LogP contribution in [0.1, 0.15) is 59.3 Å². The molecule has 44 heavy (non-hydrogen) atoms. The summed E-state index contributed by atoms with van der Waals surface area (Å²) in [6, 6.07) is 20.3. The standard InChI is InChI=1S/C41H39N3/c42-27-25-32(31-21-19-30(20-22-31)29-11-3-1-4-12-29)26-28-43-37-17-9-8-16-36(37)40-39(43)24-23-35-34-15-7-10-18-38(34)44(41(35)40)33-13-5-2-6-14-33/h2-3,5-7,9-15,17-22,25-26,28,34,38H,1,4,8,16,23-24,27,42H2/b28-26+,32-25+. The Balaban J connectivity index is 1.21. The highest BCUT2D eigenvalue weighted by Crippen LogP contribution is 2.52. The van der Waals surface area contributed by atoms with E-state index in [1.165, 1.54) is 50.6 Å². The highest BCUT2D eigenvalue weighted by atomic mass is 15.2. The maximum Gasteiger partial charge on any atom is 0.0626 e. The van der Waals surface area contributed by atoms with E-state index in [4.69, 9.17) is 5.73 Å². The Kier molecular flexibility index (Phi) is 7.04. The van der Waals surface area contributed by atoms with Gasteiger partial charge in [-0.05, 0) is 96.2 Å². The summed E-state index contributed by atoms with van der Waals surface area (Å²) in [6.45, 7) is 0.503. The third kappa shape index (κ3) is 4.55. The Morgan fingerprint density at radius 3 is 2.52 bits per heavy atom. The lowest BCUT2D eigenvalue weighted by atomic mass is 9.83. The number of hydrogen-bond acceptors (Lipinski definition) is 2. The molecule has 1 aliphatic heterocycles. The number of benzene rings is 2. The van der Waals surface area contributed by atoms with Gasteiger partial charge in [-0.2, -0.15) is 0 Å². The van der Waals surface area contributed by atoms with Gasteiger partial charge in [0.15, 0.2) is 0 Å². The first-order valence-electron chi connectivity index (χ1n) is 16.2. The zero-order valence-electron chi connectivity index (χ0n) is 25.2. The summed E-state index contributed by atoms with van der Waals surface area (Å²) < 4.78 is 2.48. The molecule has 0 saturated heterocycles. The van der Waals surface area contributed by atoms with E-state index < -0.39 is 0 Å². The molecule has 8 rings (SSSR count). The number of fused-ring (bicyclic) bond motifs is 6. The molecule has 0 amide bonds. The molecule has 3 heteroatoms. The smallest absolute Gasteiger partial charge is 0.0626 e. The number of aromatic nitrogens is 1. The van der Waals surface area contributed by atoms with Crippen LogP contribution in [0.3, 0.4) is 0 Å². The minimum atomic E-state index is 0.328. The van der Waals surface area contributed by atoms with Crippen LogP contribution in [0.15, 0.2) is 121 Å².